The summed E-state index contributed by atoms with van der Waals surface area (Å²) in [6.45, 7) is 0.846. The number of benzene rings is 2. The summed E-state index contributed by atoms with van der Waals surface area (Å²) in [6, 6.07) is 11.7. The number of nitrogens with one attached hydrogen (secondary N) is 1. The molecule has 0 saturated heterocycles. The molecule has 0 unspecified atom stereocenters. The van der Waals surface area contributed by atoms with E-state index in [1.54, 1.807) is 0 Å². The van der Waals surface area contributed by atoms with Gasteiger partial charge in [-0.1, -0.05) is 33.5 Å². The zero-order valence-electron chi connectivity index (χ0n) is 11.0. The van der Waals surface area contributed by atoms with Crippen molar-refractivity contribution in [1.82, 2.24) is 0 Å². The summed E-state index contributed by atoms with van der Waals surface area (Å²) in [5.41, 5.74) is 1.90. The molecule has 5 heteroatoms. The Morgan fingerprint density at radius 3 is 2.81 bits per heavy atom. The molecular formula is C16H12BrClINO. The first-order valence-corrected chi connectivity index (χ1v) is 8.38. The molecule has 0 amide bonds. The molecule has 0 atom stereocenters. The lowest BCUT2D eigenvalue weighted by Gasteiger charge is -2.13. The quantitative estimate of drug-likeness (QED) is 0.465. The van der Waals surface area contributed by atoms with E-state index in [-0.39, 0.29) is 6.61 Å². The van der Waals surface area contributed by atoms with Crippen LogP contribution in [-0.2, 0) is 6.54 Å². The molecule has 0 aliphatic rings. The molecule has 0 fully saturated rings. The molecule has 1 N–H and O–H groups in total. The average Bonchev–Trinajstić information content (AvgIpc) is 2.45. The van der Waals surface area contributed by atoms with Gasteiger partial charge in [0, 0.05) is 20.2 Å². The SMILES string of the molecule is C#CCOc1ccc(Br)cc1CNc1ccc(I)cc1Cl. The number of hydrogen-bond acceptors (Lipinski definition) is 2. The average molecular weight is 477 g/mol. The van der Waals surface area contributed by atoms with Gasteiger partial charge in [-0.3, -0.25) is 0 Å². The fourth-order valence-electron chi connectivity index (χ4n) is 1.77. The molecule has 2 nitrogen and oxygen atoms in total. The number of rotatable bonds is 5. The van der Waals surface area contributed by atoms with Crippen LogP contribution in [0.4, 0.5) is 5.69 Å². The van der Waals surface area contributed by atoms with Gasteiger partial charge in [0.25, 0.3) is 0 Å². The molecule has 0 heterocycles. The molecule has 0 bridgehead atoms. The Hall–Kier alpha value is -0.900. The van der Waals surface area contributed by atoms with Crippen LogP contribution < -0.4 is 10.1 Å². The van der Waals surface area contributed by atoms with E-state index in [0.717, 1.165) is 25.0 Å². The Labute approximate surface area is 151 Å². The summed E-state index contributed by atoms with van der Waals surface area (Å²) >= 11 is 11.9. The van der Waals surface area contributed by atoms with Crippen LogP contribution in [0.2, 0.25) is 5.02 Å². The highest BCUT2D eigenvalue weighted by molar-refractivity contribution is 14.1. The Morgan fingerprint density at radius 2 is 2.10 bits per heavy atom. The molecule has 0 spiro atoms. The first-order chi connectivity index (χ1) is 10.1. The van der Waals surface area contributed by atoms with Crippen molar-refractivity contribution in [2.24, 2.45) is 0 Å². The van der Waals surface area contributed by atoms with Gasteiger partial charge < -0.3 is 10.1 Å². The minimum Gasteiger partial charge on any atom is -0.481 e. The van der Waals surface area contributed by atoms with E-state index in [4.69, 9.17) is 22.8 Å². The number of anilines is 1. The summed E-state index contributed by atoms with van der Waals surface area (Å²) < 4.78 is 7.64. The third-order valence-corrected chi connectivity index (χ3v) is 4.21. The second kappa shape index (κ2) is 7.92. The Kier molecular flexibility index (Phi) is 6.22. The molecule has 2 rings (SSSR count). The van der Waals surface area contributed by atoms with Crippen LogP contribution in [0.25, 0.3) is 0 Å². The van der Waals surface area contributed by atoms with Gasteiger partial charge in [0.1, 0.15) is 12.4 Å². The molecule has 0 saturated carbocycles. The van der Waals surface area contributed by atoms with Gasteiger partial charge in [-0.2, -0.15) is 0 Å². The van der Waals surface area contributed by atoms with Crippen LogP contribution in [0.5, 0.6) is 5.75 Å². The van der Waals surface area contributed by atoms with Crippen LogP contribution >= 0.6 is 50.1 Å². The van der Waals surface area contributed by atoms with E-state index in [9.17, 15) is 0 Å². The van der Waals surface area contributed by atoms with Crippen LogP contribution in [0, 0.1) is 15.9 Å². The first kappa shape index (κ1) is 16.5. The van der Waals surface area contributed by atoms with Gasteiger partial charge in [0.2, 0.25) is 0 Å². The van der Waals surface area contributed by atoms with Crippen LogP contribution in [0.3, 0.4) is 0 Å². The second-order valence-electron chi connectivity index (χ2n) is 4.22. The lowest BCUT2D eigenvalue weighted by Crippen LogP contribution is -2.04. The second-order valence-corrected chi connectivity index (χ2v) is 6.79. The van der Waals surface area contributed by atoms with Gasteiger partial charge in [-0.05, 0) is 59.0 Å². The van der Waals surface area contributed by atoms with E-state index in [1.807, 2.05) is 36.4 Å². The van der Waals surface area contributed by atoms with E-state index in [1.165, 1.54) is 0 Å². The molecule has 108 valence electrons. The van der Waals surface area contributed by atoms with Crippen molar-refractivity contribution in [3.8, 4) is 18.1 Å². The summed E-state index contributed by atoms with van der Waals surface area (Å²) in [6.07, 6.45) is 5.24. The van der Waals surface area contributed by atoms with Crippen molar-refractivity contribution in [2.75, 3.05) is 11.9 Å². The number of ether oxygens (including phenoxy) is 1. The standard InChI is InChI=1S/C16H12BrClINO/c1-2-7-21-16-6-3-12(17)8-11(16)10-20-15-5-4-13(19)9-14(15)18/h1,3-6,8-9,20H,7,10H2. The van der Waals surface area contributed by atoms with E-state index in [0.29, 0.717) is 11.6 Å². The lowest BCUT2D eigenvalue weighted by molar-refractivity contribution is 0.366. The van der Waals surface area contributed by atoms with Crippen LogP contribution in [0.1, 0.15) is 5.56 Å². The topological polar surface area (TPSA) is 21.3 Å². The molecule has 0 aromatic heterocycles. The van der Waals surface area contributed by atoms with Crippen LogP contribution in [-0.4, -0.2) is 6.61 Å². The van der Waals surface area contributed by atoms with Gasteiger partial charge in [-0.15, -0.1) is 6.42 Å². The highest BCUT2D eigenvalue weighted by atomic mass is 127. The predicted octanol–water partition coefficient (Wildman–Crippen LogP) is 5.33. The smallest absolute Gasteiger partial charge is 0.148 e. The van der Waals surface area contributed by atoms with Crippen LogP contribution in [0.15, 0.2) is 40.9 Å². The van der Waals surface area contributed by atoms with Crippen molar-refractivity contribution < 1.29 is 4.74 Å². The maximum absolute atomic E-state index is 6.22. The molecule has 0 aliphatic carbocycles. The van der Waals surface area contributed by atoms with Gasteiger partial charge in [0.15, 0.2) is 0 Å². The lowest BCUT2D eigenvalue weighted by atomic mass is 10.2. The highest BCUT2D eigenvalue weighted by Gasteiger charge is 2.06. The largest absolute Gasteiger partial charge is 0.481 e. The van der Waals surface area contributed by atoms with Crippen molar-refractivity contribution >= 4 is 55.8 Å². The summed E-state index contributed by atoms with van der Waals surface area (Å²) in [5, 5.41) is 4.01. The molecular weight excluding hydrogens is 464 g/mol. The Bertz CT molecular complexity index is 684. The molecule has 2 aromatic carbocycles. The van der Waals surface area contributed by atoms with Crippen molar-refractivity contribution in [3.05, 3.63) is 55.0 Å². The maximum atomic E-state index is 6.22. The summed E-state index contributed by atoms with van der Waals surface area (Å²) in [4.78, 5) is 0. The van der Waals surface area contributed by atoms with Gasteiger partial charge in [0.05, 0.1) is 10.7 Å². The molecule has 2 aromatic rings. The first-order valence-electron chi connectivity index (χ1n) is 6.14. The third kappa shape index (κ3) is 4.80. The van der Waals surface area contributed by atoms with Gasteiger partial charge in [-0.25, -0.2) is 0 Å². The normalized spacial score (nSPS) is 10.0. The zero-order valence-corrected chi connectivity index (χ0v) is 15.5. The van der Waals surface area contributed by atoms with Crippen molar-refractivity contribution in [1.29, 1.82) is 0 Å². The number of hydrogen-bond donors (Lipinski definition) is 1. The Morgan fingerprint density at radius 1 is 1.29 bits per heavy atom. The fraction of sp³-hybridized carbons (Fsp3) is 0.125. The number of halogens is 3. The summed E-state index contributed by atoms with van der Waals surface area (Å²) in [7, 11) is 0. The molecule has 21 heavy (non-hydrogen) atoms. The fourth-order valence-corrected chi connectivity index (χ4v) is 3.10. The van der Waals surface area contributed by atoms with Gasteiger partial charge >= 0.3 is 0 Å². The highest BCUT2D eigenvalue weighted by Crippen LogP contribution is 2.27. The van der Waals surface area contributed by atoms with E-state index in [2.05, 4.69) is 49.8 Å². The van der Waals surface area contributed by atoms with E-state index >= 15 is 0 Å². The predicted molar refractivity (Wildman–Crippen MR) is 100.0 cm³/mol. The molecule has 0 radical (unpaired) electrons. The van der Waals surface area contributed by atoms with Crippen molar-refractivity contribution in [2.45, 2.75) is 6.54 Å². The Balaban J connectivity index is 2.15. The minimum absolute atomic E-state index is 0.249. The van der Waals surface area contributed by atoms with E-state index < -0.39 is 0 Å². The minimum atomic E-state index is 0.249. The maximum Gasteiger partial charge on any atom is 0.148 e. The monoisotopic (exact) mass is 475 g/mol. The third-order valence-electron chi connectivity index (χ3n) is 2.73. The van der Waals surface area contributed by atoms with Crippen molar-refractivity contribution in [3.63, 3.8) is 0 Å². The number of terminal acetylenes is 1. The summed E-state index contributed by atoms with van der Waals surface area (Å²) in [5.74, 6) is 3.24. The molecule has 0 aliphatic heterocycles. The zero-order chi connectivity index (χ0) is 15.2.